The zero-order valence-corrected chi connectivity index (χ0v) is 9.13. The van der Waals surface area contributed by atoms with Crippen LogP contribution in [0.4, 0.5) is 4.79 Å². The molecule has 1 heterocycles. The van der Waals surface area contributed by atoms with Crippen molar-refractivity contribution in [2.24, 2.45) is 5.41 Å². The minimum absolute atomic E-state index is 0.0777. The second-order valence-electron chi connectivity index (χ2n) is 4.22. The van der Waals surface area contributed by atoms with Gasteiger partial charge in [-0.1, -0.05) is 6.92 Å². The maximum Gasteiger partial charge on any atom is 0.407 e. The minimum atomic E-state index is -0.334. The summed E-state index contributed by atoms with van der Waals surface area (Å²) in [4.78, 5) is 11.2. The molecule has 14 heavy (non-hydrogen) atoms. The maximum absolute atomic E-state index is 11.2. The second-order valence-corrected chi connectivity index (χ2v) is 4.22. The monoisotopic (exact) mass is 201 g/mol. The quantitative estimate of drug-likeness (QED) is 0.750. The van der Waals surface area contributed by atoms with Crippen molar-refractivity contribution in [1.29, 1.82) is 0 Å². The Hall–Kier alpha value is -0.770. The molecule has 4 heteroatoms. The van der Waals surface area contributed by atoms with Crippen LogP contribution in [0.5, 0.6) is 0 Å². The molecule has 0 unspecified atom stereocenters. The number of carbonyl (C=O) groups excluding carboxylic acids is 1. The summed E-state index contributed by atoms with van der Waals surface area (Å²) in [7, 11) is 0. The predicted octanol–water partition coefficient (Wildman–Crippen LogP) is 1.55. The molecule has 0 atom stereocenters. The Balaban J connectivity index is 2.22. The first-order valence-electron chi connectivity index (χ1n) is 5.09. The van der Waals surface area contributed by atoms with Gasteiger partial charge in [-0.15, -0.1) is 0 Å². The highest BCUT2D eigenvalue weighted by Gasteiger charge is 2.38. The highest BCUT2D eigenvalue weighted by molar-refractivity contribution is 5.67. The van der Waals surface area contributed by atoms with E-state index in [1.807, 2.05) is 13.8 Å². The highest BCUT2D eigenvalue weighted by Crippen LogP contribution is 2.31. The fourth-order valence-electron chi connectivity index (χ4n) is 1.28. The Morgan fingerprint density at radius 3 is 2.57 bits per heavy atom. The zero-order chi connectivity index (χ0) is 10.6. The van der Waals surface area contributed by atoms with Crippen molar-refractivity contribution in [3.8, 4) is 0 Å². The van der Waals surface area contributed by atoms with Crippen LogP contribution in [-0.4, -0.2) is 32.0 Å². The normalized spacial score (nSPS) is 18.9. The van der Waals surface area contributed by atoms with Crippen LogP contribution in [0.25, 0.3) is 0 Å². The molecule has 1 aliphatic rings. The summed E-state index contributed by atoms with van der Waals surface area (Å²) in [6, 6.07) is 0.123. The average Bonchev–Trinajstić information content (AvgIpc) is 2.01. The summed E-state index contributed by atoms with van der Waals surface area (Å²) in [5.41, 5.74) is 0.0777. The Kier molecular flexibility index (Phi) is 3.75. The summed E-state index contributed by atoms with van der Waals surface area (Å²) < 4.78 is 10.3. The maximum atomic E-state index is 11.2. The molecule has 0 bridgehead atoms. The Morgan fingerprint density at radius 2 is 2.21 bits per heavy atom. The van der Waals surface area contributed by atoms with Crippen molar-refractivity contribution < 1.29 is 14.3 Å². The van der Waals surface area contributed by atoms with E-state index in [0.717, 1.165) is 6.42 Å². The molecule has 0 spiro atoms. The van der Waals surface area contributed by atoms with Gasteiger partial charge in [-0.25, -0.2) is 4.79 Å². The third-order valence-electron chi connectivity index (χ3n) is 2.48. The lowest BCUT2D eigenvalue weighted by Gasteiger charge is -2.39. The summed E-state index contributed by atoms with van der Waals surface area (Å²) >= 11 is 0. The van der Waals surface area contributed by atoms with Crippen molar-refractivity contribution in [2.45, 2.75) is 33.2 Å². The molecule has 0 aromatic heterocycles. The van der Waals surface area contributed by atoms with Crippen LogP contribution in [0.2, 0.25) is 0 Å². The first kappa shape index (κ1) is 11.3. The van der Waals surface area contributed by atoms with Gasteiger partial charge in [0, 0.05) is 6.04 Å². The summed E-state index contributed by atoms with van der Waals surface area (Å²) in [6.45, 7) is 7.78. The van der Waals surface area contributed by atoms with Crippen molar-refractivity contribution in [2.75, 3.05) is 19.8 Å². The average molecular weight is 201 g/mol. The first-order chi connectivity index (χ1) is 6.58. The predicted molar refractivity (Wildman–Crippen MR) is 53.2 cm³/mol. The third kappa shape index (κ3) is 2.87. The van der Waals surface area contributed by atoms with E-state index in [1.54, 1.807) is 0 Å². The number of carbonyl (C=O) groups is 1. The zero-order valence-electron chi connectivity index (χ0n) is 9.13. The molecule has 1 amide bonds. The number of hydrogen-bond donors (Lipinski definition) is 1. The first-order valence-corrected chi connectivity index (χ1v) is 5.09. The van der Waals surface area contributed by atoms with Crippen molar-refractivity contribution in [3.63, 3.8) is 0 Å². The number of nitrogens with one attached hydrogen (secondary N) is 1. The molecule has 1 aliphatic heterocycles. The lowest BCUT2D eigenvalue weighted by atomic mass is 9.84. The van der Waals surface area contributed by atoms with Crippen molar-refractivity contribution >= 4 is 6.09 Å². The van der Waals surface area contributed by atoms with Gasteiger partial charge in [-0.3, -0.25) is 0 Å². The topological polar surface area (TPSA) is 47.6 Å². The Bertz CT molecular complexity index is 194. The molecule has 0 aromatic carbocycles. The largest absolute Gasteiger partial charge is 0.449 e. The van der Waals surface area contributed by atoms with E-state index in [4.69, 9.17) is 9.47 Å². The van der Waals surface area contributed by atoms with Gasteiger partial charge in [-0.05, 0) is 20.3 Å². The molecule has 1 rings (SSSR count). The van der Waals surface area contributed by atoms with E-state index in [2.05, 4.69) is 12.2 Å². The van der Waals surface area contributed by atoms with E-state index in [0.29, 0.717) is 19.8 Å². The van der Waals surface area contributed by atoms with Crippen LogP contribution in [-0.2, 0) is 9.47 Å². The lowest BCUT2D eigenvalue weighted by molar-refractivity contribution is -0.138. The smallest absolute Gasteiger partial charge is 0.407 e. The molecule has 1 saturated heterocycles. The highest BCUT2D eigenvalue weighted by atomic mass is 16.6. The van der Waals surface area contributed by atoms with Crippen molar-refractivity contribution in [3.05, 3.63) is 0 Å². The van der Waals surface area contributed by atoms with Gasteiger partial charge >= 0.3 is 6.09 Å². The summed E-state index contributed by atoms with van der Waals surface area (Å²) in [5.74, 6) is 0. The lowest BCUT2D eigenvalue weighted by Crippen LogP contribution is -2.47. The number of rotatable bonds is 4. The molecule has 0 aromatic rings. The number of hydrogen-bond acceptors (Lipinski definition) is 3. The minimum Gasteiger partial charge on any atom is -0.449 e. The number of ether oxygens (including phenoxy) is 2. The van der Waals surface area contributed by atoms with Crippen molar-refractivity contribution in [1.82, 2.24) is 5.32 Å². The van der Waals surface area contributed by atoms with Gasteiger partial charge < -0.3 is 14.8 Å². The van der Waals surface area contributed by atoms with Crippen LogP contribution < -0.4 is 5.32 Å². The van der Waals surface area contributed by atoms with Crippen LogP contribution in [0.3, 0.4) is 0 Å². The van der Waals surface area contributed by atoms with Gasteiger partial charge in [0.25, 0.3) is 0 Å². The second kappa shape index (κ2) is 4.64. The van der Waals surface area contributed by atoms with Gasteiger partial charge in [0.2, 0.25) is 0 Å². The SMILES string of the molecule is CCC1(COC(=O)NC(C)C)COC1. The molecule has 4 nitrogen and oxygen atoms in total. The molecular formula is C10H19NO3. The standard InChI is InChI=1S/C10H19NO3/c1-4-10(5-13-6-10)7-14-9(12)11-8(2)3/h8H,4-7H2,1-3H3,(H,11,12). The van der Waals surface area contributed by atoms with E-state index in [-0.39, 0.29) is 17.6 Å². The van der Waals surface area contributed by atoms with Crippen LogP contribution in [0.15, 0.2) is 0 Å². The molecule has 1 fully saturated rings. The van der Waals surface area contributed by atoms with Crippen LogP contribution in [0, 0.1) is 5.41 Å². The molecular weight excluding hydrogens is 182 g/mol. The van der Waals surface area contributed by atoms with Gasteiger partial charge in [0.1, 0.15) is 6.61 Å². The van der Waals surface area contributed by atoms with E-state index in [9.17, 15) is 4.79 Å². The van der Waals surface area contributed by atoms with Gasteiger partial charge in [0.05, 0.1) is 18.6 Å². The third-order valence-corrected chi connectivity index (χ3v) is 2.48. The van der Waals surface area contributed by atoms with E-state index < -0.39 is 0 Å². The molecule has 82 valence electrons. The van der Waals surface area contributed by atoms with E-state index in [1.165, 1.54) is 0 Å². The molecule has 0 radical (unpaired) electrons. The molecule has 0 aliphatic carbocycles. The summed E-state index contributed by atoms with van der Waals surface area (Å²) in [5, 5.41) is 2.69. The molecule has 0 saturated carbocycles. The Morgan fingerprint density at radius 1 is 1.57 bits per heavy atom. The van der Waals surface area contributed by atoms with E-state index >= 15 is 0 Å². The number of alkyl carbamates (subject to hydrolysis) is 1. The molecule has 1 N–H and O–H groups in total. The summed E-state index contributed by atoms with van der Waals surface area (Å²) in [6.07, 6.45) is 0.654. The van der Waals surface area contributed by atoms with Crippen LogP contribution >= 0.6 is 0 Å². The Labute approximate surface area is 85.0 Å². The van der Waals surface area contributed by atoms with Gasteiger partial charge in [0.15, 0.2) is 0 Å². The fraction of sp³-hybridized carbons (Fsp3) is 0.900. The van der Waals surface area contributed by atoms with Crippen LogP contribution in [0.1, 0.15) is 27.2 Å². The van der Waals surface area contributed by atoms with Gasteiger partial charge in [-0.2, -0.15) is 0 Å². The number of amides is 1. The fourth-order valence-corrected chi connectivity index (χ4v) is 1.28.